The van der Waals surface area contributed by atoms with Crippen LogP contribution in [0.3, 0.4) is 0 Å². The van der Waals surface area contributed by atoms with E-state index < -0.39 is 6.10 Å². The Kier molecular flexibility index (Phi) is 44.2. The van der Waals surface area contributed by atoms with Crippen molar-refractivity contribution in [2.75, 3.05) is 13.2 Å². The van der Waals surface area contributed by atoms with Crippen LogP contribution in [0, 0.1) is 0 Å². The topological polar surface area (TPSA) is 78.9 Å². The van der Waals surface area contributed by atoms with Gasteiger partial charge in [-0.05, 0) is 83.5 Å². The summed E-state index contributed by atoms with van der Waals surface area (Å²) in [6.07, 6.45) is 64.7. The molecule has 0 spiro atoms. The van der Waals surface area contributed by atoms with Gasteiger partial charge in [0, 0.05) is 19.3 Å². The van der Waals surface area contributed by atoms with Gasteiger partial charge in [-0.1, -0.05) is 200 Å². The predicted octanol–water partition coefficient (Wildman–Crippen LogP) is 15.4. The second kappa shape index (κ2) is 47.5. The van der Waals surface area contributed by atoms with Gasteiger partial charge >= 0.3 is 17.9 Å². The van der Waals surface area contributed by atoms with Crippen LogP contribution in [0.2, 0.25) is 0 Å². The van der Waals surface area contributed by atoms with E-state index >= 15 is 0 Å². The zero-order valence-corrected chi connectivity index (χ0v) is 38.2. The first-order valence-electron chi connectivity index (χ1n) is 23.6. The molecule has 0 amide bonds. The summed E-state index contributed by atoms with van der Waals surface area (Å²) in [7, 11) is 0. The van der Waals surface area contributed by atoms with Gasteiger partial charge in [-0.3, -0.25) is 14.4 Å². The molecule has 0 saturated heterocycles. The first kappa shape index (κ1) is 55.8. The van der Waals surface area contributed by atoms with Crippen molar-refractivity contribution in [2.24, 2.45) is 0 Å². The number of esters is 3. The molecule has 6 nitrogen and oxygen atoms in total. The van der Waals surface area contributed by atoms with Gasteiger partial charge in [-0.2, -0.15) is 0 Å². The molecule has 0 N–H and O–H groups in total. The Bertz CT molecular complexity index is 1320. The Balaban J connectivity index is 4.51. The molecule has 60 heavy (non-hydrogen) atoms. The van der Waals surface area contributed by atoms with Crippen LogP contribution in [0.5, 0.6) is 0 Å². The van der Waals surface area contributed by atoms with Crippen LogP contribution in [0.25, 0.3) is 0 Å². The molecule has 0 bridgehead atoms. The van der Waals surface area contributed by atoms with Crippen LogP contribution < -0.4 is 0 Å². The Hall–Kier alpha value is -4.19. The van der Waals surface area contributed by atoms with Crippen LogP contribution in [0.4, 0.5) is 0 Å². The van der Waals surface area contributed by atoms with Gasteiger partial charge in [0.1, 0.15) is 13.2 Å². The molecule has 0 aliphatic carbocycles. The van der Waals surface area contributed by atoms with Crippen molar-refractivity contribution in [3.63, 3.8) is 0 Å². The summed E-state index contributed by atoms with van der Waals surface area (Å²) in [5.41, 5.74) is 0. The highest BCUT2D eigenvalue weighted by Gasteiger charge is 2.19. The number of ether oxygens (including phenoxy) is 3. The zero-order valence-electron chi connectivity index (χ0n) is 38.2. The molecule has 0 aromatic rings. The van der Waals surface area contributed by atoms with E-state index in [1.54, 1.807) is 0 Å². The molecule has 0 aliphatic rings. The molecule has 0 saturated carbocycles. The maximum Gasteiger partial charge on any atom is 0.306 e. The molecule has 0 heterocycles. The van der Waals surface area contributed by atoms with Crippen LogP contribution in [-0.4, -0.2) is 37.2 Å². The third kappa shape index (κ3) is 44.9. The van der Waals surface area contributed by atoms with E-state index in [0.29, 0.717) is 25.7 Å². The highest BCUT2D eigenvalue weighted by Crippen LogP contribution is 2.12. The second-order valence-corrected chi connectivity index (χ2v) is 15.1. The van der Waals surface area contributed by atoms with Crippen LogP contribution in [0.1, 0.15) is 181 Å². The van der Waals surface area contributed by atoms with E-state index in [9.17, 15) is 14.4 Å². The van der Waals surface area contributed by atoms with Gasteiger partial charge in [0.25, 0.3) is 0 Å². The number of carbonyl (C=O) groups excluding carboxylic acids is 3. The molecule has 0 rings (SSSR count). The molecule has 0 aromatic heterocycles. The SMILES string of the molecule is CC\C=C/C=C\C=C/C=C\C=C\C=C/C=C\CCCCCC(=O)OCC(COC(=O)CCC/C=C\CCCCCC)OC(=O)CCCCCCCCC/C=C\C/C=C\CC. The fourth-order valence-electron chi connectivity index (χ4n) is 5.88. The van der Waals surface area contributed by atoms with E-state index in [0.717, 1.165) is 83.5 Å². The van der Waals surface area contributed by atoms with Gasteiger partial charge in [-0.25, -0.2) is 0 Å². The number of unbranched alkanes of at least 4 members (excludes halogenated alkanes) is 15. The van der Waals surface area contributed by atoms with Gasteiger partial charge in [-0.15, -0.1) is 0 Å². The number of hydrogen-bond donors (Lipinski definition) is 0. The fraction of sp³-hybridized carbons (Fsp3) is 0.574. The summed E-state index contributed by atoms with van der Waals surface area (Å²) < 4.78 is 16.6. The number of allylic oxidation sites excluding steroid dienone is 20. The van der Waals surface area contributed by atoms with E-state index in [-0.39, 0.29) is 31.1 Å². The Labute approximate surface area is 367 Å². The lowest BCUT2D eigenvalue weighted by Crippen LogP contribution is -2.30. The van der Waals surface area contributed by atoms with Crippen molar-refractivity contribution in [3.05, 3.63) is 122 Å². The van der Waals surface area contributed by atoms with E-state index in [4.69, 9.17) is 14.2 Å². The number of carbonyl (C=O) groups is 3. The van der Waals surface area contributed by atoms with Gasteiger partial charge in [0.15, 0.2) is 6.10 Å². The molecule has 1 atom stereocenters. The van der Waals surface area contributed by atoms with Crippen molar-refractivity contribution in [1.29, 1.82) is 0 Å². The molecule has 6 heteroatoms. The molecule has 336 valence electrons. The fourth-order valence-corrected chi connectivity index (χ4v) is 5.88. The number of rotatable bonds is 40. The molecular formula is C54H84O6. The lowest BCUT2D eigenvalue weighted by Gasteiger charge is -2.18. The molecule has 0 aromatic carbocycles. The van der Waals surface area contributed by atoms with E-state index in [1.807, 2.05) is 72.9 Å². The average molecular weight is 829 g/mol. The summed E-state index contributed by atoms with van der Waals surface area (Å²) in [4.78, 5) is 37.8. The summed E-state index contributed by atoms with van der Waals surface area (Å²) in [5, 5.41) is 0. The molecule has 0 aliphatic heterocycles. The Morgan fingerprint density at radius 3 is 1.30 bits per heavy atom. The zero-order chi connectivity index (χ0) is 43.7. The largest absolute Gasteiger partial charge is 0.462 e. The predicted molar refractivity (Wildman–Crippen MR) is 256 cm³/mol. The summed E-state index contributed by atoms with van der Waals surface area (Å²) in [6, 6.07) is 0. The summed E-state index contributed by atoms with van der Waals surface area (Å²) >= 11 is 0. The van der Waals surface area contributed by atoms with Crippen LogP contribution >= 0.6 is 0 Å². The van der Waals surface area contributed by atoms with Crippen molar-refractivity contribution in [2.45, 2.75) is 187 Å². The molecular weight excluding hydrogens is 745 g/mol. The average Bonchev–Trinajstić information content (AvgIpc) is 3.24. The standard InChI is InChI=1S/C54H84O6/c1-4-7-10-13-16-19-21-23-25-26-27-28-29-31-32-35-38-41-44-47-53(56)59-50-51(49-58-52(55)46-43-40-37-34-18-15-12-9-6-3)60-54(57)48-45-42-39-36-33-30-24-22-20-17-14-11-8-5-2/h7-8,10-11,13,16-17,19-21,23,25-29,31-32,34,37,51H,4-6,9,12,14-15,18,22,24,30,33,35-36,38-50H2,1-3H3/b10-7-,11-8-,16-13-,20-17-,21-19-,25-23-,27-26+,29-28-,32-31-,37-34-. The van der Waals surface area contributed by atoms with Crippen molar-refractivity contribution < 1.29 is 28.6 Å². The smallest absolute Gasteiger partial charge is 0.306 e. The van der Waals surface area contributed by atoms with Crippen molar-refractivity contribution >= 4 is 17.9 Å². The van der Waals surface area contributed by atoms with Gasteiger partial charge in [0.2, 0.25) is 0 Å². The lowest BCUT2D eigenvalue weighted by atomic mass is 10.1. The van der Waals surface area contributed by atoms with Crippen LogP contribution in [-0.2, 0) is 28.6 Å². The third-order valence-electron chi connectivity index (χ3n) is 9.38. The first-order chi connectivity index (χ1) is 29.5. The monoisotopic (exact) mass is 829 g/mol. The highest BCUT2D eigenvalue weighted by molar-refractivity contribution is 5.71. The van der Waals surface area contributed by atoms with E-state index in [2.05, 4.69) is 69.4 Å². The van der Waals surface area contributed by atoms with Crippen molar-refractivity contribution in [3.8, 4) is 0 Å². The van der Waals surface area contributed by atoms with Gasteiger partial charge in [0.05, 0.1) is 0 Å². The van der Waals surface area contributed by atoms with E-state index in [1.165, 1.54) is 51.4 Å². The normalized spacial score (nSPS) is 13.2. The molecule has 1 unspecified atom stereocenters. The highest BCUT2D eigenvalue weighted by atomic mass is 16.6. The lowest BCUT2D eigenvalue weighted by molar-refractivity contribution is -0.167. The Morgan fingerprint density at radius 1 is 0.367 bits per heavy atom. The second-order valence-electron chi connectivity index (χ2n) is 15.1. The number of hydrogen-bond acceptors (Lipinski definition) is 6. The molecule has 0 radical (unpaired) electrons. The quantitative estimate of drug-likeness (QED) is 0.0201. The van der Waals surface area contributed by atoms with Crippen LogP contribution in [0.15, 0.2) is 122 Å². The summed E-state index contributed by atoms with van der Waals surface area (Å²) in [5.74, 6) is -1.01. The first-order valence-corrected chi connectivity index (χ1v) is 23.6. The Morgan fingerprint density at radius 2 is 0.750 bits per heavy atom. The summed E-state index contributed by atoms with van der Waals surface area (Å²) in [6.45, 7) is 6.25. The third-order valence-corrected chi connectivity index (χ3v) is 9.38. The minimum atomic E-state index is -0.813. The van der Waals surface area contributed by atoms with Gasteiger partial charge < -0.3 is 14.2 Å². The van der Waals surface area contributed by atoms with Crippen molar-refractivity contribution in [1.82, 2.24) is 0 Å². The minimum absolute atomic E-state index is 0.115. The maximum atomic E-state index is 12.7. The maximum absolute atomic E-state index is 12.7. The molecule has 0 fully saturated rings. The minimum Gasteiger partial charge on any atom is -0.462 e.